The Balaban J connectivity index is 1.25. The number of carbonyl (C=O) groups is 3. The Bertz CT molecular complexity index is 984. The maximum atomic E-state index is 12.7. The summed E-state index contributed by atoms with van der Waals surface area (Å²) in [7, 11) is 0. The third kappa shape index (κ3) is 3.51. The van der Waals surface area contributed by atoms with Crippen molar-refractivity contribution in [1.82, 2.24) is 5.32 Å². The molecular weight excluding hydrogens is 398 g/mol. The predicted molar refractivity (Wildman–Crippen MR) is 116 cm³/mol. The minimum Gasteiger partial charge on any atom is -0.351 e. The molecule has 1 aromatic heterocycles. The Morgan fingerprint density at radius 1 is 1.17 bits per heavy atom. The average Bonchev–Trinajstić information content (AvgIpc) is 3.43. The molecule has 1 aliphatic carbocycles. The highest BCUT2D eigenvalue weighted by Crippen LogP contribution is 2.37. The van der Waals surface area contributed by atoms with Crippen molar-refractivity contribution in [2.24, 2.45) is 11.8 Å². The van der Waals surface area contributed by atoms with Crippen molar-refractivity contribution in [3.63, 3.8) is 0 Å². The molecule has 0 radical (unpaired) electrons. The first-order valence-corrected chi connectivity index (χ1v) is 11.5. The second-order valence-corrected chi connectivity index (χ2v) is 9.42. The lowest BCUT2D eigenvalue weighted by atomic mass is 9.84. The smallest absolute Gasteiger partial charge is 0.230 e. The summed E-state index contributed by atoms with van der Waals surface area (Å²) < 4.78 is 0. The highest BCUT2D eigenvalue weighted by molar-refractivity contribution is 7.09. The van der Waals surface area contributed by atoms with Crippen molar-refractivity contribution < 1.29 is 14.4 Å². The summed E-state index contributed by atoms with van der Waals surface area (Å²) in [5, 5.41) is 4.93. The molecule has 1 saturated carbocycles. The van der Waals surface area contributed by atoms with Gasteiger partial charge in [-0.2, -0.15) is 0 Å². The molecule has 1 aromatic carbocycles. The summed E-state index contributed by atoms with van der Waals surface area (Å²) in [6, 6.07) is 9.84. The third-order valence-electron chi connectivity index (χ3n) is 6.50. The number of carbonyl (C=O) groups excluding carboxylic acids is 3. The molecule has 3 amide bonds. The average molecular weight is 424 g/mol. The number of hydrogen-bond acceptors (Lipinski definition) is 4. The summed E-state index contributed by atoms with van der Waals surface area (Å²) in [5.74, 6) is 0.00317. The molecule has 2 aliphatic heterocycles. The van der Waals surface area contributed by atoms with Crippen LogP contribution in [0.25, 0.3) is 0 Å². The Hall–Kier alpha value is -2.67. The zero-order valence-electron chi connectivity index (χ0n) is 16.8. The summed E-state index contributed by atoms with van der Waals surface area (Å²) in [5.41, 5.74) is 2.91. The van der Waals surface area contributed by atoms with Crippen molar-refractivity contribution in [3.05, 3.63) is 46.2 Å². The van der Waals surface area contributed by atoms with Crippen LogP contribution in [0.4, 0.5) is 11.4 Å². The molecule has 3 aliphatic rings. The van der Waals surface area contributed by atoms with Gasteiger partial charge in [0.1, 0.15) is 0 Å². The van der Waals surface area contributed by atoms with Gasteiger partial charge in [0.25, 0.3) is 0 Å². The molecular formula is C23H25N3O3S. The van der Waals surface area contributed by atoms with Gasteiger partial charge in [-0.3, -0.25) is 14.4 Å². The van der Waals surface area contributed by atoms with E-state index in [-0.39, 0.29) is 36.0 Å². The van der Waals surface area contributed by atoms with Gasteiger partial charge >= 0.3 is 0 Å². The van der Waals surface area contributed by atoms with Gasteiger partial charge in [-0.1, -0.05) is 12.5 Å². The van der Waals surface area contributed by atoms with Crippen LogP contribution < -0.4 is 15.1 Å². The fourth-order valence-corrected chi connectivity index (χ4v) is 5.17. The number of thiophene rings is 1. The molecule has 30 heavy (non-hydrogen) atoms. The lowest BCUT2D eigenvalue weighted by Crippen LogP contribution is -2.37. The number of hydrogen-bond donors (Lipinski definition) is 1. The monoisotopic (exact) mass is 423 g/mol. The quantitative estimate of drug-likeness (QED) is 0.803. The fraction of sp³-hybridized carbons (Fsp3) is 0.435. The largest absolute Gasteiger partial charge is 0.351 e. The van der Waals surface area contributed by atoms with Crippen LogP contribution in [0.2, 0.25) is 0 Å². The van der Waals surface area contributed by atoms with E-state index in [0.29, 0.717) is 13.1 Å². The molecule has 0 spiro atoms. The normalized spacial score (nSPS) is 20.9. The molecule has 0 bridgehead atoms. The molecule has 5 rings (SSSR count). The van der Waals surface area contributed by atoms with E-state index in [2.05, 4.69) is 5.32 Å². The summed E-state index contributed by atoms with van der Waals surface area (Å²) >= 11 is 1.61. The predicted octanol–water partition coefficient (Wildman–Crippen LogP) is 3.11. The van der Waals surface area contributed by atoms with Crippen LogP contribution in [0.5, 0.6) is 0 Å². The minimum absolute atomic E-state index is 0.0216. The van der Waals surface area contributed by atoms with Crippen LogP contribution in [0, 0.1) is 11.8 Å². The molecule has 3 heterocycles. The lowest BCUT2D eigenvalue weighted by Gasteiger charge is -2.29. The molecule has 1 N–H and O–H groups in total. The van der Waals surface area contributed by atoms with Crippen molar-refractivity contribution in [2.45, 2.75) is 38.6 Å². The zero-order valence-corrected chi connectivity index (χ0v) is 17.6. The van der Waals surface area contributed by atoms with E-state index in [1.54, 1.807) is 16.2 Å². The van der Waals surface area contributed by atoms with Gasteiger partial charge in [0.15, 0.2) is 0 Å². The van der Waals surface area contributed by atoms with Crippen molar-refractivity contribution in [2.75, 3.05) is 22.9 Å². The van der Waals surface area contributed by atoms with E-state index >= 15 is 0 Å². The van der Waals surface area contributed by atoms with Gasteiger partial charge < -0.3 is 15.1 Å². The van der Waals surface area contributed by atoms with Gasteiger partial charge in [0.05, 0.1) is 12.5 Å². The van der Waals surface area contributed by atoms with E-state index in [1.807, 2.05) is 40.6 Å². The first kappa shape index (κ1) is 19.3. The number of amides is 3. The van der Waals surface area contributed by atoms with Crippen molar-refractivity contribution >= 4 is 40.4 Å². The number of benzene rings is 1. The molecule has 156 valence electrons. The van der Waals surface area contributed by atoms with Crippen LogP contribution in [0.15, 0.2) is 35.7 Å². The Morgan fingerprint density at radius 3 is 2.77 bits per heavy atom. The van der Waals surface area contributed by atoms with Crippen molar-refractivity contribution in [3.8, 4) is 0 Å². The zero-order chi connectivity index (χ0) is 20.7. The number of fused-ring (bicyclic) bond motifs is 1. The van der Waals surface area contributed by atoms with Crippen LogP contribution in [0.1, 0.15) is 36.1 Å². The van der Waals surface area contributed by atoms with Crippen LogP contribution in [0.3, 0.4) is 0 Å². The number of anilines is 2. The highest BCUT2D eigenvalue weighted by atomic mass is 32.1. The van der Waals surface area contributed by atoms with Gasteiger partial charge in [0, 0.05) is 41.7 Å². The van der Waals surface area contributed by atoms with E-state index in [0.717, 1.165) is 54.0 Å². The van der Waals surface area contributed by atoms with Crippen LogP contribution >= 0.6 is 11.3 Å². The first-order chi connectivity index (χ1) is 14.6. The Morgan fingerprint density at radius 2 is 2.03 bits per heavy atom. The molecule has 1 atom stereocenters. The summed E-state index contributed by atoms with van der Waals surface area (Å²) in [6.45, 7) is 1.62. The SMILES string of the molecule is O=C(NCc1cccs1)C1CC(=O)N(c2ccc3c(c2)CCN3C(=O)C2CCC2)C1. The maximum absolute atomic E-state index is 12.7. The van der Waals surface area contributed by atoms with Crippen molar-refractivity contribution in [1.29, 1.82) is 0 Å². The van der Waals surface area contributed by atoms with E-state index < -0.39 is 0 Å². The molecule has 1 saturated heterocycles. The second-order valence-electron chi connectivity index (χ2n) is 8.38. The molecule has 2 fully saturated rings. The van der Waals surface area contributed by atoms with Crippen LogP contribution in [-0.4, -0.2) is 30.8 Å². The van der Waals surface area contributed by atoms with E-state index in [1.165, 1.54) is 0 Å². The summed E-state index contributed by atoms with van der Waals surface area (Å²) in [6.07, 6.45) is 4.20. The topological polar surface area (TPSA) is 69.7 Å². The second kappa shape index (κ2) is 7.87. The van der Waals surface area contributed by atoms with Gasteiger partial charge in [-0.15, -0.1) is 11.3 Å². The van der Waals surface area contributed by atoms with Gasteiger partial charge in [-0.25, -0.2) is 0 Å². The number of nitrogens with zero attached hydrogens (tertiary/aromatic N) is 2. The molecule has 6 nitrogen and oxygen atoms in total. The fourth-order valence-electron chi connectivity index (χ4n) is 4.53. The third-order valence-corrected chi connectivity index (χ3v) is 7.38. The molecule has 1 unspecified atom stereocenters. The first-order valence-electron chi connectivity index (χ1n) is 10.6. The molecule has 7 heteroatoms. The Labute approximate surface area is 179 Å². The Kier molecular flexibility index (Phi) is 5.06. The summed E-state index contributed by atoms with van der Waals surface area (Å²) in [4.78, 5) is 42.5. The standard InChI is InChI=1S/C23H25N3O3S/c27-21-12-17(22(28)24-13-19-5-2-10-30-19)14-26(21)18-6-7-20-16(11-18)8-9-25(20)23(29)15-3-1-4-15/h2,5-7,10-11,15,17H,1,3-4,8-9,12-14H2,(H,24,28). The lowest BCUT2D eigenvalue weighted by molar-refractivity contribution is -0.126. The van der Waals surface area contributed by atoms with E-state index in [4.69, 9.17) is 0 Å². The van der Waals surface area contributed by atoms with Crippen LogP contribution in [-0.2, 0) is 27.3 Å². The van der Waals surface area contributed by atoms with Gasteiger partial charge in [0.2, 0.25) is 17.7 Å². The number of rotatable bonds is 5. The van der Waals surface area contributed by atoms with Gasteiger partial charge in [-0.05, 0) is 54.5 Å². The maximum Gasteiger partial charge on any atom is 0.230 e. The highest BCUT2D eigenvalue weighted by Gasteiger charge is 2.37. The minimum atomic E-state index is -0.331. The van der Waals surface area contributed by atoms with E-state index in [9.17, 15) is 14.4 Å². The number of nitrogens with one attached hydrogen (secondary N) is 1. The molecule has 2 aromatic rings.